The standard InChI is InChI=1S/C17H26N2/c1-14(2)8-10-19(3)11-9-18-17-12-15-6-4-5-7-16(15)13-17/h4-8,17-18H,9-13H2,1-3H3. The lowest BCUT2D eigenvalue weighted by Gasteiger charge is -2.17. The molecule has 2 heteroatoms. The van der Waals surface area contributed by atoms with Gasteiger partial charge < -0.3 is 10.2 Å². The van der Waals surface area contributed by atoms with Crippen LogP contribution in [0.15, 0.2) is 35.9 Å². The first-order valence-corrected chi connectivity index (χ1v) is 7.27. The van der Waals surface area contributed by atoms with Gasteiger partial charge in [0, 0.05) is 25.7 Å². The van der Waals surface area contributed by atoms with Crippen LogP contribution in [-0.2, 0) is 12.8 Å². The van der Waals surface area contributed by atoms with E-state index < -0.39 is 0 Å². The predicted molar refractivity (Wildman–Crippen MR) is 82.6 cm³/mol. The summed E-state index contributed by atoms with van der Waals surface area (Å²) in [7, 11) is 2.19. The monoisotopic (exact) mass is 258 g/mol. The highest BCUT2D eigenvalue weighted by Gasteiger charge is 2.19. The predicted octanol–water partition coefficient (Wildman–Crippen LogP) is 2.64. The SMILES string of the molecule is CC(C)=CCN(C)CCNC1Cc2ccccc2C1. The normalized spacial score (nSPS) is 14.7. The van der Waals surface area contributed by atoms with Crippen LogP contribution in [-0.4, -0.2) is 37.6 Å². The summed E-state index contributed by atoms with van der Waals surface area (Å²) in [6.07, 6.45) is 4.66. The number of allylic oxidation sites excluding steroid dienone is 1. The molecule has 0 aliphatic heterocycles. The Morgan fingerprint density at radius 1 is 1.26 bits per heavy atom. The van der Waals surface area contributed by atoms with Crippen LogP contribution < -0.4 is 5.32 Å². The minimum absolute atomic E-state index is 0.634. The summed E-state index contributed by atoms with van der Waals surface area (Å²) in [6, 6.07) is 9.45. The summed E-state index contributed by atoms with van der Waals surface area (Å²) < 4.78 is 0. The molecule has 1 aromatic rings. The van der Waals surface area contributed by atoms with Gasteiger partial charge in [0.15, 0.2) is 0 Å². The highest BCUT2D eigenvalue weighted by atomic mass is 15.1. The number of nitrogens with zero attached hydrogens (tertiary/aromatic N) is 1. The number of fused-ring (bicyclic) bond motifs is 1. The van der Waals surface area contributed by atoms with Gasteiger partial charge >= 0.3 is 0 Å². The zero-order chi connectivity index (χ0) is 13.7. The van der Waals surface area contributed by atoms with Gasteiger partial charge in [-0.25, -0.2) is 0 Å². The van der Waals surface area contributed by atoms with Crippen molar-refractivity contribution in [3.63, 3.8) is 0 Å². The summed E-state index contributed by atoms with van der Waals surface area (Å²) in [6.45, 7) is 7.54. The topological polar surface area (TPSA) is 15.3 Å². The Morgan fingerprint density at radius 3 is 2.47 bits per heavy atom. The van der Waals surface area contributed by atoms with Gasteiger partial charge in [-0.15, -0.1) is 0 Å². The zero-order valence-electron chi connectivity index (χ0n) is 12.4. The molecule has 0 atom stereocenters. The van der Waals surface area contributed by atoms with Crippen molar-refractivity contribution >= 4 is 0 Å². The molecule has 0 aromatic heterocycles. The second kappa shape index (κ2) is 6.88. The van der Waals surface area contributed by atoms with Gasteiger partial charge in [0.05, 0.1) is 0 Å². The van der Waals surface area contributed by atoms with Crippen LogP contribution in [0.5, 0.6) is 0 Å². The van der Waals surface area contributed by atoms with E-state index in [9.17, 15) is 0 Å². The smallest absolute Gasteiger partial charge is 0.0163 e. The van der Waals surface area contributed by atoms with Crippen LogP contribution in [0.2, 0.25) is 0 Å². The van der Waals surface area contributed by atoms with E-state index >= 15 is 0 Å². The minimum Gasteiger partial charge on any atom is -0.312 e. The van der Waals surface area contributed by atoms with E-state index in [4.69, 9.17) is 0 Å². The molecule has 0 amide bonds. The average Bonchev–Trinajstić information content (AvgIpc) is 2.79. The van der Waals surface area contributed by atoms with Crippen molar-refractivity contribution in [3.05, 3.63) is 47.0 Å². The third-order valence-corrected chi connectivity index (χ3v) is 3.79. The third-order valence-electron chi connectivity index (χ3n) is 3.79. The molecule has 2 rings (SSSR count). The largest absolute Gasteiger partial charge is 0.312 e. The van der Waals surface area contributed by atoms with Gasteiger partial charge in [0.1, 0.15) is 0 Å². The van der Waals surface area contributed by atoms with Crippen LogP contribution in [0.25, 0.3) is 0 Å². The lowest BCUT2D eigenvalue weighted by Crippen LogP contribution is -2.36. The number of hydrogen-bond donors (Lipinski definition) is 1. The Balaban J connectivity index is 1.67. The van der Waals surface area contributed by atoms with Gasteiger partial charge in [-0.05, 0) is 44.9 Å². The molecule has 0 heterocycles. The van der Waals surface area contributed by atoms with Crippen molar-refractivity contribution in [2.45, 2.75) is 32.7 Å². The maximum atomic E-state index is 3.68. The van der Waals surface area contributed by atoms with E-state index in [2.05, 4.69) is 61.5 Å². The molecular formula is C17H26N2. The van der Waals surface area contributed by atoms with Crippen LogP contribution in [0.3, 0.4) is 0 Å². The highest BCUT2D eigenvalue weighted by molar-refractivity contribution is 5.33. The van der Waals surface area contributed by atoms with E-state index in [0.717, 1.165) is 19.6 Å². The van der Waals surface area contributed by atoms with E-state index in [-0.39, 0.29) is 0 Å². The number of hydrogen-bond acceptors (Lipinski definition) is 2. The summed E-state index contributed by atoms with van der Waals surface area (Å²) in [5, 5.41) is 3.68. The molecule has 0 saturated carbocycles. The Labute approximate surface area is 117 Å². The fourth-order valence-electron chi connectivity index (χ4n) is 2.59. The Bertz CT molecular complexity index is 408. The van der Waals surface area contributed by atoms with Crippen LogP contribution >= 0.6 is 0 Å². The molecule has 104 valence electrons. The Kier molecular flexibility index (Phi) is 5.17. The van der Waals surface area contributed by atoms with E-state index in [1.807, 2.05) is 0 Å². The molecule has 0 spiro atoms. The number of likely N-dealkylation sites (N-methyl/N-ethyl adjacent to an activating group) is 1. The van der Waals surface area contributed by atoms with Gasteiger partial charge in [-0.1, -0.05) is 35.9 Å². The first-order valence-electron chi connectivity index (χ1n) is 7.27. The minimum atomic E-state index is 0.634. The van der Waals surface area contributed by atoms with Crippen molar-refractivity contribution in [3.8, 4) is 0 Å². The number of nitrogens with one attached hydrogen (secondary N) is 1. The third kappa shape index (κ3) is 4.48. The Morgan fingerprint density at radius 2 is 1.89 bits per heavy atom. The van der Waals surface area contributed by atoms with E-state index in [0.29, 0.717) is 6.04 Å². The van der Waals surface area contributed by atoms with Crippen molar-refractivity contribution in [2.75, 3.05) is 26.7 Å². The van der Waals surface area contributed by atoms with Crippen LogP contribution in [0.1, 0.15) is 25.0 Å². The maximum Gasteiger partial charge on any atom is 0.0163 e. The average molecular weight is 258 g/mol. The highest BCUT2D eigenvalue weighted by Crippen LogP contribution is 2.21. The van der Waals surface area contributed by atoms with Crippen LogP contribution in [0, 0.1) is 0 Å². The Hall–Kier alpha value is -1.12. The molecule has 0 radical (unpaired) electrons. The summed E-state index contributed by atoms with van der Waals surface area (Å²) >= 11 is 0. The molecule has 1 N–H and O–H groups in total. The van der Waals surface area contributed by atoms with Gasteiger partial charge in [0.25, 0.3) is 0 Å². The molecule has 1 aromatic carbocycles. The quantitative estimate of drug-likeness (QED) is 0.789. The van der Waals surface area contributed by atoms with Crippen molar-refractivity contribution in [2.24, 2.45) is 0 Å². The van der Waals surface area contributed by atoms with E-state index in [1.165, 1.54) is 29.5 Å². The van der Waals surface area contributed by atoms with E-state index in [1.54, 1.807) is 0 Å². The molecule has 2 nitrogen and oxygen atoms in total. The lowest BCUT2D eigenvalue weighted by atomic mass is 10.1. The molecule has 1 aliphatic carbocycles. The lowest BCUT2D eigenvalue weighted by molar-refractivity contribution is 0.354. The van der Waals surface area contributed by atoms with Crippen molar-refractivity contribution in [1.29, 1.82) is 0 Å². The second-order valence-electron chi connectivity index (χ2n) is 5.87. The fraction of sp³-hybridized carbons (Fsp3) is 0.529. The van der Waals surface area contributed by atoms with Crippen molar-refractivity contribution in [1.82, 2.24) is 10.2 Å². The molecule has 0 saturated heterocycles. The molecule has 19 heavy (non-hydrogen) atoms. The second-order valence-corrected chi connectivity index (χ2v) is 5.87. The maximum absolute atomic E-state index is 3.68. The molecular weight excluding hydrogens is 232 g/mol. The number of benzene rings is 1. The molecule has 0 bridgehead atoms. The molecule has 1 aliphatic rings. The van der Waals surface area contributed by atoms with Crippen LogP contribution in [0.4, 0.5) is 0 Å². The van der Waals surface area contributed by atoms with Gasteiger partial charge in [-0.2, -0.15) is 0 Å². The number of rotatable bonds is 6. The van der Waals surface area contributed by atoms with Gasteiger partial charge in [-0.3, -0.25) is 0 Å². The zero-order valence-corrected chi connectivity index (χ0v) is 12.4. The summed E-state index contributed by atoms with van der Waals surface area (Å²) in [5.74, 6) is 0. The van der Waals surface area contributed by atoms with Gasteiger partial charge in [0.2, 0.25) is 0 Å². The summed E-state index contributed by atoms with van der Waals surface area (Å²) in [4.78, 5) is 2.36. The fourth-order valence-corrected chi connectivity index (χ4v) is 2.59. The summed E-state index contributed by atoms with van der Waals surface area (Å²) in [5.41, 5.74) is 4.45. The molecule has 0 unspecified atom stereocenters. The first kappa shape index (κ1) is 14.3. The molecule has 0 fully saturated rings. The van der Waals surface area contributed by atoms with Crippen molar-refractivity contribution < 1.29 is 0 Å². The first-order chi connectivity index (χ1) is 9.15.